The molecule has 0 aromatic heterocycles. The van der Waals surface area contributed by atoms with E-state index in [-0.39, 0.29) is 0 Å². The van der Waals surface area contributed by atoms with Gasteiger partial charge in [-0.25, -0.2) is 0 Å². The van der Waals surface area contributed by atoms with Gasteiger partial charge in [0, 0.05) is 21.6 Å². The van der Waals surface area contributed by atoms with E-state index >= 15 is 0 Å². The lowest BCUT2D eigenvalue weighted by Gasteiger charge is -2.38. The van der Waals surface area contributed by atoms with Gasteiger partial charge in [0.25, 0.3) is 0 Å². The molecular weight excluding hydrogens is 346 g/mol. The van der Waals surface area contributed by atoms with E-state index < -0.39 is 0 Å². The highest BCUT2D eigenvalue weighted by molar-refractivity contribution is 9.10. The van der Waals surface area contributed by atoms with Gasteiger partial charge in [-0.05, 0) is 61.1 Å². The summed E-state index contributed by atoms with van der Waals surface area (Å²) in [5.41, 5.74) is 2.75. The van der Waals surface area contributed by atoms with Gasteiger partial charge in [0.1, 0.15) is 0 Å². The van der Waals surface area contributed by atoms with Crippen molar-refractivity contribution < 1.29 is 0 Å². The molecule has 0 spiro atoms. The molecule has 1 N–H and O–H groups in total. The lowest BCUT2D eigenvalue weighted by molar-refractivity contribution is 0.271. The number of halogens is 2. The SMILES string of the molecule is C[C@@H](NC1CC(c2ccc(Br)cc2)C1)c1ccc(Cl)cc1. The van der Waals surface area contributed by atoms with Crippen LogP contribution in [0.2, 0.25) is 5.02 Å². The topological polar surface area (TPSA) is 12.0 Å². The number of benzene rings is 2. The standard InChI is InChI=1S/C18H19BrClN/c1-12(13-4-8-17(20)9-5-13)21-18-10-15(11-18)14-2-6-16(19)7-3-14/h2-9,12,15,18,21H,10-11H2,1H3/t12-,15?,18?/m1/s1. The Labute approximate surface area is 139 Å². The van der Waals surface area contributed by atoms with Crippen molar-refractivity contribution in [1.29, 1.82) is 0 Å². The van der Waals surface area contributed by atoms with Crippen molar-refractivity contribution >= 4 is 27.5 Å². The van der Waals surface area contributed by atoms with Gasteiger partial charge in [0.2, 0.25) is 0 Å². The van der Waals surface area contributed by atoms with Crippen LogP contribution in [0.3, 0.4) is 0 Å². The monoisotopic (exact) mass is 363 g/mol. The Morgan fingerprint density at radius 3 is 2.29 bits per heavy atom. The second-order valence-corrected chi connectivity index (χ2v) is 7.21. The first kappa shape index (κ1) is 15.1. The van der Waals surface area contributed by atoms with Gasteiger partial charge in [0.05, 0.1) is 0 Å². The van der Waals surface area contributed by atoms with Crippen molar-refractivity contribution in [2.75, 3.05) is 0 Å². The molecule has 1 nitrogen and oxygen atoms in total. The minimum Gasteiger partial charge on any atom is -0.307 e. The summed E-state index contributed by atoms with van der Waals surface area (Å²) >= 11 is 9.42. The molecule has 1 atom stereocenters. The third kappa shape index (κ3) is 3.68. The Bertz CT molecular complexity index is 588. The Morgan fingerprint density at radius 2 is 1.67 bits per heavy atom. The quantitative estimate of drug-likeness (QED) is 0.734. The van der Waals surface area contributed by atoms with E-state index in [0.29, 0.717) is 18.0 Å². The predicted octanol–water partition coefficient (Wildman–Crippen LogP) is 5.70. The largest absolute Gasteiger partial charge is 0.307 e. The van der Waals surface area contributed by atoms with Crippen molar-refractivity contribution in [2.24, 2.45) is 0 Å². The molecule has 21 heavy (non-hydrogen) atoms. The summed E-state index contributed by atoms with van der Waals surface area (Å²) in [5, 5.41) is 4.51. The van der Waals surface area contributed by atoms with Crippen molar-refractivity contribution in [3.05, 3.63) is 69.2 Å². The van der Waals surface area contributed by atoms with Crippen molar-refractivity contribution in [3.8, 4) is 0 Å². The molecule has 0 radical (unpaired) electrons. The predicted molar refractivity (Wildman–Crippen MR) is 92.9 cm³/mol. The number of hydrogen-bond donors (Lipinski definition) is 1. The Kier molecular flexibility index (Phi) is 4.68. The van der Waals surface area contributed by atoms with Gasteiger partial charge in [-0.2, -0.15) is 0 Å². The average molecular weight is 365 g/mol. The number of nitrogens with one attached hydrogen (secondary N) is 1. The maximum absolute atomic E-state index is 5.93. The lowest BCUT2D eigenvalue weighted by atomic mass is 9.75. The first-order valence-electron chi connectivity index (χ1n) is 7.39. The molecule has 0 amide bonds. The van der Waals surface area contributed by atoms with Gasteiger partial charge >= 0.3 is 0 Å². The summed E-state index contributed by atoms with van der Waals surface area (Å²) in [6.07, 6.45) is 2.44. The fourth-order valence-corrected chi connectivity index (χ4v) is 3.35. The van der Waals surface area contributed by atoms with E-state index in [1.165, 1.54) is 24.0 Å². The van der Waals surface area contributed by atoms with E-state index in [2.05, 4.69) is 64.6 Å². The molecule has 2 aromatic rings. The van der Waals surface area contributed by atoms with Crippen LogP contribution in [0.5, 0.6) is 0 Å². The van der Waals surface area contributed by atoms with E-state index in [0.717, 1.165) is 9.50 Å². The van der Waals surface area contributed by atoms with Gasteiger partial charge in [-0.15, -0.1) is 0 Å². The normalized spacial score (nSPS) is 22.6. The van der Waals surface area contributed by atoms with Crippen molar-refractivity contribution in [1.82, 2.24) is 5.32 Å². The maximum Gasteiger partial charge on any atom is 0.0406 e. The molecule has 1 aliphatic carbocycles. The zero-order valence-corrected chi connectivity index (χ0v) is 14.4. The van der Waals surface area contributed by atoms with Crippen LogP contribution < -0.4 is 5.32 Å². The third-order valence-corrected chi connectivity index (χ3v) is 5.12. The minimum atomic E-state index is 0.373. The molecule has 3 rings (SSSR count). The highest BCUT2D eigenvalue weighted by Gasteiger charge is 2.30. The molecule has 0 saturated heterocycles. The molecule has 0 heterocycles. The van der Waals surface area contributed by atoms with Gasteiger partial charge in [0.15, 0.2) is 0 Å². The van der Waals surface area contributed by atoms with E-state index in [9.17, 15) is 0 Å². The Hall–Kier alpha value is -0.830. The molecule has 2 aromatic carbocycles. The second kappa shape index (κ2) is 6.51. The van der Waals surface area contributed by atoms with Crippen molar-refractivity contribution in [3.63, 3.8) is 0 Å². The average Bonchev–Trinajstić information content (AvgIpc) is 2.44. The molecular formula is C18H19BrClN. The van der Waals surface area contributed by atoms with E-state index in [1.807, 2.05) is 12.1 Å². The first-order chi connectivity index (χ1) is 10.1. The molecule has 1 saturated carbocycles. The molecule has 110 valence electrons. The van der Waals surface area contributed by atoms with Crippen LogP contribution in [0.1, 0.15) is 42.9 Å². The van der Waals surface area contributed by atoms with Crippen LogP contribution in [0.4, 0.5) is 0 Å². The Balaban J connectivity index is 1.52. The van der Waals surface area contributed by atoms with E-state index in [4.69, 9.17) is 11.6 Å². The smallest absolute Gasteiger partial charge is 0.0406 e. The van der Waals surface area contributed by atoms with Crippen LogP contribution in [0.15, 0.2) is 53.0 Å². The second-order valence-electron chi connectivity index (χ2n) is 5.86. The number of rotatable bonds is 4. The van der Waals surface area contributed by atoms with Gasteiger partial charge in [-0.3, -0.25) is 0 Å². The Morgan fingerprint density at radius 1 is 1.05 bits per heavy atom. The molecule has 1 aliphatic rings. The summed E-state index contributed by atoms with van der Waals surface area (Å²) in [6, 6.07) is 17.8. The van der Waals surface area contributed by atoms with Gasteiger partial charge < -0.3 is 5.32 Å². The fraction of sp³-hybridized carbons (Fsp3) is 0.333. The highest BCUT2D eigenvalue weighted by Crippen LogP contribution is 2.38. The van der Waals surface area contributed by atoms with Crippen LogP contribution in [-0.4, -0.2) is 6.04 Å². The van der Waals surface area contributed by atoms with Crippen LogP contribution >= 0.6 is 27.5 Å². The summed E-state index contributed by atoms with van der Waals surface area (Å²) in [5.74, 6) is 0.702. The summed E-state index contributed by atoms with van der Waals surface area (Å²) in [6.45, 7) is 2.22. The third-order valence-electron chi connectivity index (χ3n) is 4.34. The van der Waals surface area contributed by atoms with E-state index in [1.54, 1.807) is 0 Å². The lowest BCUT2D eigenvalue weighted by Crippen LogP contribution is -2.41. The molecule has 0 aliphatic heterocycles. The summed E-state index contributed by atoms with van der Waals surface area (Å²) < 4.78 is 1.15. The molecule has 0 unspecified atom stereocenters. The highest BCUT2D eigenvalue weighted by atomic mass is 79.9. The van der Waals surface area contributed by atoms with Crippen LogP contribution in [-0.2, 0) is 0 Å². The maximum atomic E-state index is 5.93. The minimum absolute atomic E-state index is 0.373. The summed E-state index contributed by atoms with van der Waals surface area (Å²) in [4.78, 5) is 0. The van der Waals surface area contributed by atoms with Crippen LogP contribution in [0, 0.1) is 0 Å². The molecule has 1 fully saturated rings. The zero-order valence-electron chi connectivity index (χ0n) is 12.0. The van der Waals surface area contributed by atoms with Crippen molar-refractivity contribution in [2.45, 2.75) is 37.8 Å². The first-order valence-corrected chi connectivity index (χ1v) is 8.56. The molecule has 3 heteroatoms. The van der Waals surface area contributed by atoms with Gasteiger partial charge in [-0.1, -0.05) is 51.8 Å². The number of hydrogen-bond acceptors (Lipinski definition) is 1. The summed E-state index contributed by atoms with van der Waals surface area (Å²) in [7, 11) is 0. The fourth-order valence-electron chi connectivity index (χ4n) is 2.96. The zero-order chi connectivity index (χ0) is 14.8. The van der Waals surface area contributed by atoms with Crippen LogP contribution in [0.25, 0.3) is 0 Å². The molecule has 0 bridgehead atoms.